The fourth-order valence-electron chi connectivity index (χ4n) is 7.27. The predicted molar refractivity (Wildman–Crippen MR) is 213 cm³/mol. The van der Waals surface area contributed by atoms with Gasteiger partial charge in [0, 0.05) is 49.0 Å². The summed E-state index contributed by atoms with van der Waals surface area (Å²) < 4.78 is 27.8. The number of rotatable bonds is 20. The third kappa shape index (κ3) is 9.04. The highest BCUT2D eigenvalue weighted by molar-refractivity contribution is 5.48. The second-order valence-corrected chi connectivity index (χ2v) is 13.9. The van der Waals surface area contributed by atoms with Crippen LogP contribution < -0.4 is 18.9 Å². The Bertz CT molecular complexity index is 2060. The summed E-state index contributed by atoms with van der Waals surface area (Å²) in [6.07, 6.45) is 11.7. The number of aryl methyl sites for hydroxylation is 3. The van der Waals surface area contributed by atoms with Crippen molar-refractivity contribution >= 4 is 0 Å². The minimum atomic E-state index is -1.47. The molecule has 2 aromatic heterocycles. The molecule has 2 heterocycles. The number of aliphatic hydroxyl groups is 2. The average molecular weight is 745 g/mol. The highest BCUT2D eigenvalue weighted by atomic mass is 16.5. The molecule has 0 spiro atoms. The number of hydrogen-bond donors (Lipinski definition) is 2. The normalized spacial score (nSPS) is 14.1. The van der Waals surface area contributed by atoms with Crippen molar-refractivity contribution in [3.63, 3.8) is 0 Å². The number of aromatic nitrogens is 4. The van der Waals surface area contributed by atoms with Crippen molar-refractivity contribution in [1.82, 2.24) is 19.1 Å². The van der Waals surface area contributed by atoms with E-state index in [-0.39, 0.29) is 12.3 Å². The number of hydrogen-bond acceptors (Lipinski definition) is 8. The Kier molecular flexibility index (Phi) is 12.9. The summed E-state index contributed by atoms with van der Waals surface area (Å²) in [7, 11) is 3.22. The SMILES string of the molecule is COc1ccccc1C(O)(CCC(C)C(O)(c1ccc(OCCCn2ccnc2)cc1)c1ccccc1OC)c1ccc(OCCCn2ccnc2C)cc1. The van der Waals surface area contributed by atoms with E-state index in [9.17, 15) is 10.2 Å². The van der Waals surface area contributed by atoms with Crippen LogP contribution in [0, 0.1) is 12.8 Å². The molecule has 0 bridgehead atoms. The minimum absolute atomic E-state index is 0.286. The molecule has 10 heteroatoms. The van der Waals surface area contributed by atoms with Gasteiger partial charge in [-0.3, -0.25) is 0 Å². The zero-order valence-corrected chi connectivity index (χ0v) is 32.2. The molecule has 0 aliphatic rings. The Labute approximate surface area is 324 Å². The van der Waals surface area contributed by atoms with Gasteiger partial charge in [0.1, 0.15) is 40.0 Å². The quantitative estimate of drug-likeness (QED) is 0.0759. The van der Waals surface area contributed by atoms with E-state index in [1.807, 2.05) is 128 Å². The lowest BCUT2D eigenvalue weighted by molar-refractivity contribution is -0.000207. The van der Waals surface area contributed by atoms with Crippen LogP contribution in [0.2, 0.25) is 0 Å². The van der Waals surface area contributed by atoms with Crippen LogP contribution in [0.5, 0.6) is 23.0 Å². The number of nitrogens with zero attached hydrogens (tertiary/aromatic N) is 4. The molecule has 0 saturated heterocycles. The van der Waals surface area contributed by atoms with Crippen molar-refractivity contribution in [2.24, 2.45) is 5.92 Å². The topological polar surface area (TPSA) is 113 Å². The lowest BCUT2D eigenvalue weighted by Crippen LogP contribution is -2.37. The van der Waals surface area contributed by atoms with Gasteiger partial charge in [0.25, 0.3) is 0 Å². The first-order valence-corrected chi connectivity index (χ1v) is 18.9. The summed E-state index contributed by atoms with van der Waals surface area (Å²) in [6, 6.07) is 30.3. The van der Waals surface area contributed by atoms with Gasteiger partial charge in [0.05, 0.1) is 33.8 Å². The zero-order chi connectivity index (χ0) is 38.7. The molecular formula is C45H52N4O6. The molecule has 0 saturated carbocycles. The third-order valence-electron chi connectivity index (χ3n) is 10.5. The Morgan fingerprint density at radius 3 is 1.85 bits per heavy atom. The molecule has 3 unspecified atom stereocenters. The lowest BCUT2D eigenvalue weighted by Gasteiger charge is -2.38. The number of methoxy groups -OCH3 is 2. The molecule has 55 heavy (non-hydrogen) atoms. The maximum atomic E-state index is 12.9. The first kappa shape index (κ1) is 39.1. The zero-order valence-electron chi connectivity index (χ0n) is 32.2. The molecular weight excluding hydrogens is 693 g/mol. The van der Waals surface area contributed by atoms with E-state index in [4.69, 9.17) is 18.9 Å². The van der Waals surface area contributed by atoms with E-state index in [2.05, 4.69) is 14.5 Å². The Hall–Kier alpha value is -5.58. The molecule has 3 atom stereocenters. The van der Waals surface area contributed by atoms with E-state index >= 15 is 0 Å². The molecule has 288 valence electrons. The summed E-state index contributed by atoms with van der Waals surface area (Å²) in [5, 5.41) is 25.7. The van der Waals surface area contributed by atoms with E-state index in [0.29, 0.717) is 53.4 Å². The molecule has 6 aromatic rings. The fourth-order valence-corrected chi connectivity index (χ4v) is 7.27. The van der Waals surface area contributed by atoms with Crippen LogP contribution in [0.1, 0.15) is 60.7 Å². The second kappa shape index (κ2) is 18.2. The van der Waals surface area contributed by atoms with Gasteiger partial charge in [-0.15, -0.1) is 0 Å². The van der Waals surface area contributed by atoms with Crippen molar-refractivity contribution in [3.8, 4) is 23.0 Å². The Morgan fingerprint density at radius 1 is 0.691 bits per heavy atom. The summed E-state index contributed by atoms with van der Waals surface area (Å²) in [5.74, 6) is 3.19. The molecule has 0 amide bonds. The van der Waals surface area contributed by atoms with Crippen LogP contribution >= 0.6 is 0 Å². The first-order chi connectivity index (χ1) is 26.8. The predicted octanol–water partition coefficient (Wildman–Crippen LogP) is 7.93. The van der Waals surface area contributed by atoms with Gasteiger partial charge in [-0.1, -0.05) is 67.6 Å². The monoisotopic (exact) mass is 744 g/mol. The average Bonchev–Trinajstić information content (AvgIpc) is 3.91. The van der Waals surface area contributed by atoms with Crippen LogP contribution in [0.25, 0.3) is 0 Å². The summed E-state index contributed by atoms with van der Waals surface area (Å²) in [5.41, 5.74) is -0.244. The molecule has 4 aromatic carbocycles. The Morgan fingerprint density at radius 2 is 1.27 bits per heavy atom. The standard InChI is InChI=1S/C45H52N4O6/c1-34(45(51,41-12-6-8-14-43(41)53-4)37-17-21-39(22-18-37)54-31-9-27-48-29-25-46-33-48)23-24-44(50,40-11-5-7-13-42(40)52-3)36-15-19-38(20-16-36)55-32-10-28-49-30-26-47-35(49)2/h5-8,11-22,25-26,29-30,33-34,50-51H,9-10,23-24,27-28,31-32H2,1-4H3. The van der Waals surface area contributed by atoms with Gasteiger partial charge in [0.2, 0.25) is 0 Å². The molecule has 0 fully saturated rings. The van der Waals surface area contributed by atoms with Crippen molar-refractivity contribution < 1.29 is 29.2 Å². The minimum Gasteiger partial charge on any atom is -0.496 e. The van der Waals surface area contributed by atoms with Crippen molar-refractivity contribution in [1.29, 1.82) is 0 Å². The summed E-state index contributed by atoms with van der Waals surface area (Å²) >= 11 is 0. The van der Waals surface area contributed by atoms with E-state index < -0.39 is 11.2 Å². The largest absolute Gasteiger partial charge is 0.496 e. The van der Waals surface area contributed by atoms with Gasteiger partial charge in [-0.2, -0.15) is 0 Å². The smallest absolute Gasteiger partial charge is 0.125 e. The van der Waals surface area contributed by atoms with E-state index in [1.54, 1.807) is 32.9 Å². The van der Waals surface area contributed by atoms with Crippen molar-refractivity contribution in [2.75, 3.05) is 27.4 Å². The summed E-state index contributed by atoms with van der Waals surface area (Å²) in [4.78, 5) is 8.38. The van der Waals surface area contributed by atoms with E-state index in [1.165, 1.54) is 0 Å². The van der Waals surface area contributed by atoms with Crippen LogP contribution in [-0.4, -0.2) is 56.7 Å². The highest BCUT2D eigenvalue weighted by Gasteiger charge is 2.42. The lowest BCUT2D eigenvalue weighted by atomic mass is 9.72. The maximum absolute atomic E-state index is 12.9. The van der Waals surface area contributed by atoms with Gasteiger partial charge in [-0.05, 0) is 86.1 Å². The number of para-hydroxylation sites is 2. The highest BCUT2D eigenvalue weighted by Crippen LogP contribution is 2.47. The van der Waals surface area contributed by atoms with Crippen molar-refractivity contribution in [3.05, 3.63) is 156 Å². The third-order valence-corrected chi connectivity index (χ3v) is 10.5. The number of ether oxygens (including phenoxy) is 4. The van der Waals surface area contributed by atoms with Gasteiger partial charge < -0.3 is 38.3 Å². The van der Waals surface area contributed by atoms with Crippen LogP contribution in [0.15, 0.2) is 128 Å². The van der Waals surface area contributed by atoms with Gasteiger partial charge in [0.15, 0.2) is 0 Å². The van der Waals surface area contributed by atoms with Crippen molar-refractivity contribution in [2.45, 2.75) is 63.8 Å². The number of imidazole rings is 2. The molecule has 10 nitrogen and oxygen atoms in total. The maximum Gasteiger partial charge on any atom is 0.125 e. The van der Waals surface area contributed by atoms with Gasteiger partial charge >= 0.3 is 0 Å². The molecule has 6 rings (SSSR count). The second-order valence-electron chi connectivity index (χ2n) is 13.9. The molecule has 0 radical (unpaired) electrons. The fraction of sp³-hybridized carbons (Fsp3) is 0.333. The molecule has 2 N–H and O–H groups in total. The number of benzene rings is 4. The molecule has 0 aliphatic heterocycles. The van der Waals surface area contributed by atoms with Crippen LogP contribution in [-0.2, 0) is 24.3 Å². The van der Waals surface area contributed by atoms with Gasteiger partial charge in [-0.25, -0.2) is 9.97 Å². The first-order valence-electron chi connectivity index (χ1n) is 18.9. The molecule has 0 aliphatic carbocycles. The van der Waals surface area contributed by atoms with Crippen LogP contribution in [0.4, 0.5) is 0 Å². The Balaban J connectivity index is 1.23. The van der Waals surface area contributed by atoms with E-state index in [0.717, 1.165) is 43.3 Å². The summed E-state index contributed by atoms with van der Waals surface area (Å²) in [6.45, 7) is 6.73. The van der Waals surface area contributed by atoms with Crippen LogP contribution in [0.3, 0.4) is 0 Å².